The third-order valence-corrected chi connectivity index (χ3v) is 5.38. The van der Waals surface area contributed by atoms with Gasteiger partial charge in [0.25, 0.3) is 0 Å². The minimum absolute atomic E-state index is 0.212. The number of nitrogens with one attached hydrogen (secondary N) is 2. The van der Waals surface area contributed by atoms with Crippen molar-refractivity contribution in [1.82, 2.24) is 15.5 Å². The second-order valence-corrected chi connectivity index (χ2v) is 7.15. The van der Waals surface area contributed by atoms with E-state index in [4.69, 9.17) is 0 Å². The Kier molecular flexibility index (Phi) is 6.37. The predicted octanol–water partition coefficient (Wildman–Crippen LogP) is 0.420. The molecule has 0 aromatic rings. The van der Waals surface area contributed by atoms with Gasteiger partial charge in [-0.3, -0.25) is 9.79 Å². The van der Waals surface area contributed by atoms with Crippen LogP contribution in [0.5, 0.6) is 0 Å². The van der Waals surface area contributed by atoms with Crippen LogP contribution in [0.3, 0.4) is 0 Å². The van der Waals surface area contributed by atoms with Gasteiger partial charge in [-0.2, -0.15) is 11.8 Å². The van der Waals surface area contributed by atoms with Gasteiger partial charge in [0, 0.05) is 37.8 Å². The molecule has 1 amide bonds. The van der Waals surface area contributed by atoms with E-state index in [0.29, 0.717) is 13.0 Å². The van der Waals surface area contributed by atoms with Crippen LogP contribution in [-0.4, -0.2) is 71.2 Å². The van der Waals surface area contributed by atoms with E-state index < -0.39 is 5.60 Å². The molecule has 0 saturated carbocycles. The van der Waals surface area contributed by atoms with Crippen LogP contribution in [0.25, 0.3) is 0 Å². The first kappa shape index (κ1) is 17.4. The maximum Gasteiger partial charge on any atom is 0.222 e. The largest absolute Gasteiger partial charge is 0.387 e. The topological polar surface area (TPSA) is 77.0 Å². The number of rotatable bonds is 5. The number of hydrogen-bond donors (Lipinski definition) is 3. The van der Waals surface area contributed by atoms with E-state index in [1.165, 1.54) is 0 Å². The Morgan fingerprint density at radius 3 is 2.95 bits per heavy atom. The summed E-state index contributed by atoms with van der Waals surface area (Å²) in [5.41, 5.74) is -0.660. The molecule has 2 aliphatic heterocycles. The van der Waals surface area contributed by atoms with E-state index in [-0.39, 0.29) is 11.9 Å². The molecule has 22 heavy (non-hydrogen) atoms. The van der Waals surface area contributed by atoms with Crippen molar-refractivity contribution in [3.05, 3.63) is 0 Å². The molecule has 0 aromatic heterocycles. The van der Waals surface area contributed by atoms with Gasteiger partial charge in [-0.15, -0.1) is 0 Å². The number of likely N-dealkylation sites (tertiary alicyclic amines) is 1. The van der Waals surface area contributed by atoms with Crippen LogP contribution in [0.2, 0.25) is 0 Å². The number of aliphatic imine (C=N–C) groups is 1. The molecule has 2 heterocycles. The fraction of sp³-hybridized carbons (Fsp3) is 0.867. The number of guanidine groups is 1. The molecule has 7 heteroatoms. The lowest BCUT2D eigenvalue weighted by Crippen LogP contribution is -2.46. The zero-order valence-corrected chi connectivity index (χ0v) is 14.4. The van der Waals surface area contributed by atoms with Crippen molar-refractivity contribution in [3.63, 3.8) is 0 Å². The highest BCUT2D eigenvalue weighted by molar-refractivity contribution is 7.99. The average Bonchev–Trinajstić information content (AvgIpc) is 3.14. The molecule has 2 unspecified atom stereocenters. The van der Waals surface area contributed by atoms with Crippen molar-refractivity contribution in [2.24, 2.45) is 4.99 Å². The highest BCUT2D eigenvalue weighted by Gasteiger charge is 2.32. The molecule has 2 saturated heterocycles. The molecule has 2 atom stereocenters. The fourth-order valence-corrected chi connectivity index (χ4v) is 4.07. The molecule has 2 aliphatic rings. The number of nitrogens with zero attached hydrogens (tertiary/aromatic N) is 2. The van der Waals surface area contributed by atoms with Crippen molar-refractivity contribution in [2.45, 2.75) is 44.8 Å². The molecular weight excluding hydrogens is 300 g/mol. The van der Waals surface area contributed by atoms with Crippen LogP contribution in [-0.2, 0) is 4.79 Å². The summed E-state index contributed by atoms with van der Waals surface area (Å²) >= 11 is 1.78. The monoisotopic (exact) mass is 328 g/mol. The minimum Gasteiger partial charge on any atom is -0.387 e. The van der Waals surface area contributed by atoms with Crippen LogP contribution in [0, 0.1) is 0 Å². The fourth-order valence-electron chi connectivity index (χ4n) is 2.79. The number of hydrogen-bond acceptors (Lipinski definition) is 4. The summed E-state index contributed by atoms with van der Waals surface area (Å²) in [5, 5.41) is 17.0. The molecule has 0 radical (unpaired) electrons. The quantitative estimate of drug-likeness (QED) is 0.504. The van der Waals surface area contributed by atoms with Gasteiger partial charge in [-0.25, -0.2) is 0 Å². The molecule has 0 bridgehead atoms. The van der Waals surface area contributed by atoms with Crippen LogP contribution >= 0.6 is 11.8 Å². The Morgan fingerprint density at radius 1 is 1.50 bits per heavy atom. The molecule has 126 valence electrons. The summed E-state index contributed by atoms with van der Waals surface area (Å²) in [5.74, 6) is 2.72. The van der Waals surface area contributed by atoms with Crippen LogP contribution in [0.15, 0.2) is 4.99 Å². The van der Waals surface area contributed by atoms with Crippen molar-refractivity contribution in [1.29, 1.82) is 0 Å². The number of thioether (sulfide) groups is 1. The normalized spacial score (nSPS) is 29.0. The highest BCUT2D eigenvalue weighted by atomic mass is 32.2. The molecule has 2 fully saturated rings. The summed E-state index contributed by atoms with van der Waals surface area (Å²) < 4.78 is 0. The van der Waals surface area contributed by atoms with E-state index >= 15 is 0 Å². The van der Waals surface area contributed by atoms with Crippen molar-refractivity contribution >= 4 is 23.6 Å². The van der Waals surface area contributed by atoms with Crippen molar-refractivity contribution in [3.8, 4) is 0 Å². The van der Waals surface area contributed by atoms with Gasteiger partial charge in [0.15, 0.2) is 5.96 Å². The van der Waals surface area contributed by atoms with Gasteiger partial charge in [0.05, 0.1) is 12.1 Å². The van der Waals surface area contributed by atoms with E-state index in [1.54, 1.807) is 11.8 Å². The summed E-state index contributed by atoms with van der Waals surface area (Å²) in [4.78, 5) is 18.2. The van der Waals surface area contributed by atoms with Gasteiger partial charge in [-0.05, 0) is 25.5 Å². The Morgan fingerprint density at radius 2 is 2.32 bits per heavy atom. The maximum atomic E-state index is 11.7. The first-order chi connectivity index (χ1) is 10.6. The number of aliphatic hydroxyl groups is 1. The van der Waals surface area contributed by atoms with Crippen LogP contribution in [0.4, 0.5) is 0 Å². The summed E-state index contributed by atoms with van der Waals surface area (Å²) in [7, 11) is 0. The van der Waals surface area contributed by atoms with Gasteiger partial charge < -0.3 is 20.6 Å². The van der Waals surface area contributed by atoms with Gasteiger partial charge in [0.1, 0.15) is 0 Å². The molecule has 2 rings (SSSR count). The Bertz CT molecular complexity index is 410. The standard InChI is InChI=1S/C15H28N4O2S/c1-3-13(20)19-7-5-12(9-19)18-14(16-4-2)17-10-15(21)6-8-22-11-15/h12,21H,3-11H2,1-2H3,(H2,16,17,18). The molecule has 0 aliphatic carbocycles. The molecule has 0 aromatic carbocycles. The Labute approximate surface area is 137 Å². The second kappa shape index (κ2) is 8.06. The third kappa shape index (κ3) is 4.78. The maximum absolute atomic E-state index is 11.7. The first-order valence-corrected chi connectivity index (χ1v) is 9.34. The van der Waals surface area contributed by atoms with Gasteiger partial charge >= 0.3 is 0 Å². The van der Waals surface area contributed by atoms with Crippen LogP contribution in [0.1, 0.15) is 33.1 Å². The lowest BCUT2D eigenvalue weighted by molar-refractivity contribution is -0.129. The summed E-state index contributed by atoms with van der Waals surface area (Å²) in [6.07, 6.45) is 2.31. The Hall–Kier alpha value is -0.950. The zero-order valence-electron chi connectivity index (χ0n) is 13.6. The van der Waals surface area contributed by atoms with E-state index in [0.717, 1.165) is 49.9 Å². The Balaban J connectivity index is 1.87. The molecule has 0 spiro atoms. The number of amides is 1. The third-order valence-electron chi connectivity index (χ3n) is 4.14. The van der Waals surface area contributed by atoms with Gasteiger partial charge in [0.2, 0.25) is 5.91 Å². The second-order valence-electron chi connectivity index (χ2n) is 6.05. The summed E-state index contributed by atoms with van der Waals surface area (Å²) in [6, 6.07) is 0.237. The van der Waals surface area contributed by atoms with Crippen LogP contribution < -0.4 is 10.6 Å². The van der Waals surface area contributed by atoms with E-state index in [9.17, 15) is 9.90 Å². The van der Waals surface area contributed by atoms with E-state index in [1.807, 2.05) is 18.7 Å². The van der Waals surface area contributed by atoms with Crippen molar-refractivity contribution < 1.29 is 9.90 Å². The van der Waals surface area contributed by atoms with Crippen molar-refractivity contribution in [2.75, 3.05) is 37.7 Å². The SMILES string of the molecule is CCNC(=NCC1(O)CCSC1)NC1CCN(C(=O)CC)C1. The molecular formula is C15H28N4O2S. The molecule has 3 N–H and O–H groups in total. The lowest BCUT2D eigenvalue weighted by atomic mass is 10.1. The predicted molar refractivity (Wildman–Crippen MR) is 91.3 cm³/mol. The minimum atomic E-state index is -0.660. The summed E-state index contributed by atoms with van der Waals surface area (Å²) in [6.45, 7) is 6.68. The average molecular weight is 328 g/mol. The first-order valence-electron chi connectivity index (χ1n) is 8.19. The smallest absolute Gasteiger partial charge is 0.222 e. The highest BCUT2D eigenvalue weighted by Crippen LogP contribution is 2.27. The number of carbonyl (C=O) groups is 1. The molecule has 6 nitrogen and oxygen atoms in total. The van der Waals surface area contributed by atoms with E-state index in [2.05, 4.69) is 15.6 Å². The number of carbonyl (C=O) groups excluding carboxylic acids is 1. The van der Waals surface area contributed by atoms with Gasteiger partial charge in [-0.1, -0.05) is 6.92 Å². The zero-order chi connectivity index (χ0) is 16.0. The lowest BCUT2D eigenvalue weighted by Gasteiger charge is -2.21.